The van der Waals surface area contributed by atoms with Crippen LogP contribution in [0.4, 0.5) is 11.5 Å². The molecule has 0 radical (unpaired) electrons. The summed E-state index contributed by atoms with van der Waals surface area (Å²) < 4.78 is 0. The number of nitrogens with two attached hydrogens (primary N) is 2. The van der Waals surface area contributed by atoms with Gasteiger partial charge in [-0.05, 0) is 57.4 Å². The Kier molecular flexibility index (Phi) is 12.8. The molecule has 0 saturated carbocycles. The Morgan fingerprint density at radius 3 is 2.20 bits per heavy atom. The van der Waals surface area contributed by atoms with Crippen LogP contribution in [0, 0.1) is 0 Å². The van der Waals surface area contributed by atoms with Gasteiger partial charge in [-0.15, -0.1) is 0 Å². The predicted octanol–water partition coefficient (Wildman–Crippen LogP) is 1.54. The fraction of sp³-hybridized carbons (Fsp3) is 0.414. The lowest BCUT2D eigenvalue weighted by Gasteiger charge is -2.31. The molecule has 0 bridgehead atoms. The van der Waals surface area contributed by atoms with Gasteiger partial charge in [-0.1, -0.05) is 12.1 Å². The highest BCUT2D eigenvalue weighted by molar-refractivity contribution is 6.45. The van der Waals surface area contributed by atoms with Crippen LogP contribution in [0.3, 0.4) is 0 Å². The third kappa shape index (κ3) is 9.49. The maximum atomic E-state index is 13.5. The highest BCUT2D eigenvalue weighted by Crippen LogP contribution is 2.23. The fourth-order valence-electron chi connectivity index (χ4n) is 4.12. The first kappa shape index (κ1) is 32.0. The molecule has 0 saturated heterocycles. The molecule has 4 rings (SSSR count). The number of primary amides is 1. The average Bonchev–Trinajstić information content (AvgIpc) is 3.10. The van der Waals surface area contributed by atoms with Gasteiger partial charge in [0.1, 0.15) is 11.5 Å². The van der Waals surface area contributed by atoms with Crippen molar-refractivity contribution in [3.63, 3.8) is 0 Å². The molecule has 40 heavy (non-hydrogen) atoms. The number of carbonyl (C=O) groups is 3. The zero-order valence-corrected chi connectivity index (χ0v) is 24.2. The van der Waals surface area contributed by atoms with Crippen molar-refractivity contribution in [1.82, 2.24) is 14.8 Å². The van der Waals surface area contributed by atoms with Crippen molar-refractivity contribution in [3.05, 3.63) is 65.0 Å². The number of hydrogen-bond acceptors (Lipinski definition) is 9. The molecular formula is C29H42N8O3. The summed E-state index contributed by atoms with van der Waals surface area (Å²) in [7, 11) is 10.0. The van der Waals surface area contributed by atoms with Crippen LogP contribution in [0.25, 0.3) is 0 Å². The van der Waals surface area contributed by atoms with Crippen LogP contribution in [0.15, 0.2) is 58.9 Å². The molecule has 3 heterocycles. The largest absolute Gasteiger partial charge is 0.402 e. The van der Waals surface area contributed by atoms with Gasteiger partial charge in [0, 0.05) is 82.0 Å². The zero-order valence-electron chi connectivity index (χ0n) is 24.2. The van der Waals surface area contributed by atoms with Crippen molar-refractivity contribution in [2.24, 2.45) is 16.5 Å². The Morgan fingerprint density at radius 2 is 1.65 bits per heavy atom. The summed E-state index contributed by atoms with van der Waals surface area (Å²) in [5.74, 6) is 0.679. The maximum Gasteiger partial charge on any atom is 0.272 e. The van der Waals surface area contributed by atoms with E-state index < -0.39 is 0 Å². The first-order chi connectivity index (χ1) is 19.1. The van der Waals surface area contributed by atoms with Crippen LogP contribution in [0.1, 0.15) is 28.8 Å². The molecule has 0 atom stereocenters. The maximum absolute atomic E-state index is 13.5. The molecule has 0 spiro atoms. The Bertz CT molecular complexity index is 1170. The average molecular weight is 551 g/mol. The number of aldehydes is 1. The molecule has 0 fully saturated rings. The second-order valence-electron chi connectivity index (χ2n) is 10.1. The highest BCUT2D eigenvalue weighted by atomic mass is 16.2. The number of aromatic nitrogens is 1. The molecule has 2 aromatic rings. The second-order valence-corrected chi connectivity index (χ2v) is 10.1. The van der Waals surface area contributed by atoms with Crippen LogP contribution in [0.5, 0.6) is 0 Å². The molecule has 1 aromatic carbocycles. The quantitative estimate of drug-likeness (QED) is 0.516. The van der Waals surface area contributed by atoms with Gasteiger partial charge in [-0.25, -0.2) is 4.98 Å². The number of anilines is 2. The zero-order chi connectivity index (χ0) is 29.7. The van der Waals surface area contributed by atoms with E-state index in [1.807, 2.05) is 51.1 Å². The van der Waals surface area contributed by atoms with Gasteiger partial charge in [0.15, 0.2) is 6.29 Å². The van der Waals surface area contributed by atoms with E-state index in [4.69, 9.17) is 10.5 Å². The Labute approximate surface area is 237 Å². The molecule has 2 aliphatic heterocycles. The smallest absolute Gasteiger partial charge is 0.272 e. The molecule has 0 aliphatic carbocycles. The number of pyridine rings is 1. The summed E-state index contributed by atoms with van der Waals surface area (Å²) in [6.07, 6.45) is 4.03. The molecular weight excluding hydrogens is 508 g/mol. The summed E-state index contributed by atoms with van der Waals surface area (Å²) in [6, 6.07) is 11.8. The van der Waals surface area contributed by atoms with Gasteiger partial charge in [0.05, 0.1) is 0 Å². The van der Waals surface area contributed by atoms with Crippen molar-refractivity contribution >= 4 is 35.8 Å². The van der Waals surface area contributed by atoms with Crippen molar-refractivity contribution < 1.29 is 14.4 Å². The number of carbonyl (C=O) groups excluding carboxylic acids is 3. The lowest BCUT2D eigenvalue weighted by atomic mass is 10.00. The Hall–Kier alpha value is -4.25. The monoisotopic (exact) mass is 550 g/mol. The Balaban J connectivity index is 0.000000722. The van der Waals surface area contributed by atoms with Crippen LogP contribution in [0.2, 0.25) is 0 Å². The van der Waals surface area contributed by atoms with Gasteiger partial charge in [-0.2, -0.15) is 0 Å². The first-order valence-electron chi connectivity index (χ1n) is 13.1. The van der Waals surface area contributed by atoms with E-state index in [1.54, 1.807) is 12.3 Å². The standard InChI is InChI=1S/C25H30N6O2.C3H9N.CH3NO/c1-29(2)20-7-4-18(5-8-20)15-31-12-3-11-27-24(25(31)33)21-16-30(13-10-22(21)26)23-9-6-19(17-32)14-28-23;1-4(2)3;2-1-3/h4-9,14,17H,3,10-13,15-16,26H2,1-2H3;1-3H3;1H,(H2,2,3). The number of hydrogen-bond donors (Lipinski definition) is 2. The summed E-state index contributed by atoms with van der Waals surface area (Å²) in [5.41, 5.74) is 15.2. The molecule has 2 amide bonds. The minimum atomic E-state index is -0.0757. The van der Waals surface area contributed by atoms with Gasteiger partial charge in [-0.3, -0.25) is 19.4 Å². The van der Waals surface area contributed by atoms with E-state index in [0.717, 1.165) is 35.3 Å². The lowest BCUT2D eigenvalue weighted by molar-refractivity contribution is -0.124. The number of amides is 2. The van der Waals surface area contributed by atoms with Crippen molar-refractivity contribution in [3.8, 4) is 0 Å². The first-order valence-corrected chi connectivity index (χ1v) is 13.1. The minimum absolute atomic E-state index is 0.0757. The van der Waals surface area contributed by atoms with Gasteiger partial charge >= 0.3 is 0 Å². The van der Waals surface area contributed by atoms with Crippen molar-refractivity contribution in [2.45, 2.75) is 19.4 Å². The number of benzene rings is 1. The molecule has 11 heteroatoms. The Morgan fingerprint density at radius 1 is 1.00 bits per heavy atom. The normalized spacial score (nSPS) is 15.2. The van der Waals surface area contributed by atoms with Crippen LogP contribution in [-0.2, 0) is 16.1 Å². The van der Waals surface area contributed by atoms with E-state index in [-0.39, 0.29) is 12.3 Å². The highest BCUT2D eigenvalue weighted by Gasteiger charge is 2.30. The van der Waals surface area contributed by atoms with Crippen molar-refractivity contribution in [2.75, 3.05) is 71.2 Å². The van der Waals surface area contributed by atoms with Gasteiger partial charge in [0.2, 0.25) is 6.41 Å². The fourth-order valence-corrected chi connectivity index (χ4v) is 4.12. The SMILES string of the molecule is CN(C)C.CN(C)c1ccc(CN2CCCN=C(C3=C(N)CCN(c4ccc(C=O)cn4)C3)C2=O)cc1.NC=O. The number of nitrogens with zero attached hydrogens (tertiary/aromatic N) is 6. The van der Waals surface area contributed by atoms with Crippen molar-refractivity contribution in [1.29, 1.82) is 0 Å². The van der Waals surface area contributed by atoms with E-state index in [1.165, 1.54) is 0 Å². The van der Waals surface area contributed by atoms with E-state index in [0.29, 0.717) is 56.1 Å². The summed E-state index contributed by atoms with van der Waals surface area (Å²) >= 11 is 0. The predicted molar refractivity (Wildman–Crippen MR) is 161 cm³/mol. The molecule has 4 N–H and O–H groups in total. The third-order valence-corrected chi connectivity index (χ3v) is 6.08. The van der Waals surface area contributed by atoms with E-state index in [2.05, 4.69) is 49.8 Å². The summed E-state index contributed by atoms with van der Waals surface area (Å²) in [5, 5.41) is 0. The summed E-state index contributed by atoms with van der Waals surface area (Å²) in [4.78, 5) is 50.1. The van der Waals surface area contributed by atoms with E-state index >= 15 is 0 Å². The molecule has 2 aliphatic rings. The molecule has 216 valence electrons. The molecule has 1 aromatic heterocycles. The molecule has 0 unspecified atom stereocenters. The third-order valence-electron chi connectivity index (χ3n) is 6.08. The number of rotatable bonds is 6. The lowest BCUT2D eigenvalue weighted by Crippen LogP contribution is -2.42. The van der Waals surface area contributed by atoms with E-state index in [9.17, 15) is 9.59 Å². The second kappa shape index (κ2) is 16.0. The summed E-state index contributed by atoms with van der Waals surface area (Å²) in [6.45, 7) is 2.96. The topological polar surface area (TPSA) is 141 Å². The van der Waals surface area contributed by atoms with Crippen LogP contribution >= 0.6 is 0 Å². The molecule has 11 nitrogen and oxygen atoms in total. The number of aliphatic imine (C=N–C) groups is 1. The van der Waals surface area contributed by atoms with Crippen LogP contribution in [-0.4, -0.2) is 101 Å². The minimum Gasteiger partial charge on any atom is -0.402 e. The van der Waals surface area contributed by atoms with Crippen LogP contribution < -0.4 is 21.3 Å². The van der Waals surface area contributed by atoms with Gasteiger partial charge < -0.3 is 31.1 Å². The van der Waals surface area contributed by atoms with Gasteiger partial charge in [0.25, 0.3) is 5.91 Å².